The normalized spacial score (nSPS) is 11.1. The Bertz CT molecular complexity index is 1040. The van der Waals surface area contributed by atoms with Gasteiger partial charge >= 0.3 is 0 Å². The molecule has 0 unspecified atom stereocenters. The maximum atomic E-state index is 13.0. The van der Waals surface area contributed by atoms with E-state index in [1.165, 1.54) is 21.8 Å². The average molecular weight is 485 g/mol. The van der Waals surface area contributed by atoms with Crippen molar-refractivity contribution in [1.82, 2.24) is 24.9 Å². The van der Waals surface area contributed by atoms with Gasteiger partial charge in [-0.1, -0.05) is 0 Å². The summed E-state index contributed by atoms with van der Waals surface area (Å²) in [5.74, 6) is -0.463. The molecule has 3 aromatic heterocycles. The fourth-order valence-electron chi connectivity index (χ4n) is 2.67. The van der Waals surface area contributed by atoms with Crippen molar-refractivity contribution < 1.29 is 22.8 Å². The van der Waals surface area contributed by atoms with E-state index in [0.717, 1.165) is 0 Å². The fourth-order valence-corrected chi connectivity index (χ4v) is 3.13. The molecular weight excluding hydrogens is 466 g/mol. The highest BCUT2D eigenvalue weighted by molar-refractivity contribution is 9.10. The van der Waals surface area contributed by atoms with Crippen LogP contribution >= 0.6 is 15.9 Å². The SMILES string of the molecule is CCn1cc(NC(=O)Cn2nc(C(F)F)c(Br)c2C)c(C(=O)NCc2ccco2)n1. The number of furan rings is 1. The zero-order chi connectivity index (χ0) is 21.8. The first-order chi connectivity index (χ1) is 14.3. The molecule has 0 aromatic carbocycles. The monoisotopic (exact) mass is 484 g/mol. The lowest BCUT2D eigenvalue weighted by Crippen LogP contribution is -2.26. The van der Waals surface area contributed by atoms with E-state index in [4.69, 9.17) is 4.42 Å². The van der Waals surface area contributed by atoms with Crippen molar-refractivity contribution in [2.75, 3.05) is 5.32 Å². The third kappa shape index (κ3) is 4.75. The minimum absolute atomic E-state index is 0.0309. The summed E-state index contributed by atoms with van der Waals surface area (Å²) in [7, 11) is 0. The number of aryl methyl sites for hydroxylation is 1. The van der Waals surface area contributed by atoms with Crippen molar-refractivity contribution in [3.05, 3.63) is 51.9 Å². The van der Waals surface area contributed by atoms with Crippen molar-refractivity contribution >= 4 is 33.4 Å². The van der Waals surface area contributed by atoms with Crippen LogP contribution in [0, 0.1) is 6.92 Å². The van der Waals surface area contributed by atoms with Gasteiger partial charge in [0.2, 0.25) is 5.91 Å². The molecule has 3 rings (SSSR count). The summed E-state index contributed by atoms with van der Waals surface area (Å²) in [6.45, 7) is 3.74. The molecule has 160 valence electrons. The lowest BCUT2D eigenvalue weighted by atomic mass is 10.3. The first-order valence-corrected chi connectivity index (χ1v) is 9.78. The Morgan fingerprint density at radius 1 is 1.33 bits per heavy atom. The maximum Gasteiger partial charge on any atom is 0.283 e. The second-order valence-electron chi connectivity index (χ2n) is 6.30. The van der Waals surface area contributed by atoms with E-state index in [2.05, 4.69) is 36.8 Å². The van der Waals surface area contributed by atoms with E-state index >= 15 is 0 Å². The quantitative estimate of drug-likeness (QED) is 0.510. The van der Waals surface area contributed by atoms with Gasteiger partial charge in [0, 0.05) is 12.7 Å². The van der Waals surface area contributed by atoms with Gasteiger partial charge in [0.25, 0.3) is 12.3 Å². The number of alkyl halides is 2. The zero-order valence-electron chi connectivity index (χ0n) is 16.2. The molecular formula is C18H19BrF2N6O3. The minimum Gasteiger partial charge on any atom is -0.467 e. The van der Waals surface area contributed by atoms with Crippen LogP contribution in [-0.2, 0) is 24.4 Å². The van der Waals surface area contributed by atoms with E-state index in [0.29, 0.717) is 18.0 Å². The predicted octanol–water partition coefficient (Wildman–Crippen LogP) is 3.27. The Morgan fingerprint density at radius 3 is 2.70 bits per heavy atom. The van der Waals surface area contributed by atoms with Gasteiger partial charge in [-0.25, -0.2) is 8.78 Å². The minimum atomic E-state index is -2.77. The van der Waals surface area contributed by atoms with Crippen LogP contribution in [-0.4, -0.2) is 31.4 Å². The zero-order valence-corrected chi connectivity index (χ0v) is 17.7. The maximum absolute atomic E-state index is 13.0. The Morgan fingerprint density at radius 2 is 2.10 bits per heavy atom. The molecule has 0 radical (unpaired) electrons. The van der Waals surface area contributed by atoms with Crippen molar-refractivity contribution in [2.45, 2.75) is 39.9 Å². The molecule has 0 spiro atoms. The highest BCUT2D eigenvalue weighted by Crippen LogP contribution is 2.29. The summed E-state index contributed by atoms with van der Waals surface area (Å²) in [5.41, 5.74) is 0.193. The number of nitrogens with zero attached hydrogens (tertiary/aromatic N) is 4. The Balaban J connectivity index is 1.72. The number of aromatic nitrogens is 4. The number of nitrogens with one attached hydrogen (secondary N) is 2. The topological polar surface area (TPSA) is 107 Å². The molecule has 30 heavy (non-hydrogen) atoms. The van der Waals surface area contributed by atoms with E-state index in [9.17, 15) is 18.4 Å². The summed E-state index contributed by atoms with van der Waals surface area (Å²) in [5, 5.41) is 13.2. The molecule has 0 aliphatic heterocycles. The Hall–Kier alpha value is -3.02. The number of hydrogen-bond acceptors (Lipinski definition) is 5. The van der Waals surface area contributed by atoms with Crippen molar-refractivity contribution in [3.8, 4) is 0 Å². The third-order valence-corrected chi connectivity index (χ3v) is 5.22. The van der Waals surface area contributed by atoms with Crippen LogP contribution in [0.3, 0.4) is 0 Å². The second-order valence-corrected chi connectivity index (χ2v) is 7.09. The summed E-state index contributed by atoms with van der Waals surface area (Å²) >= 11 is 3.07. The van der Waals surface area contributed by atoms with Gasteiger partial charge in [-0.05, 0) is 41.9 Å². The lowest BCUT2D eigenvalue weighted by molar-refractivity contribution is -0.117. The highest BCUT2D eigenvalue weighted by atomic mass is 79.9. The van der Waals surface area contributed by atoms with Gasteiger partial charge in [0.1, 0.15) is 18.0 Å². The number of hydrogen-bond donors (Lipinski definition) is 2. The standard InChI is InChI=1S/C18H19BrF2N6O3/c1-3-26-8-12(15(24-26)18(29)22-7-11-5-4-6-30-11)23-13(28)9-27-10(2)14(19)16(25-27)17(20)21/h4-6,8,17H,3,7,9H2,1-2H3,(H,22,29)(H,23,28). The van der Waals surface area contributed by atoms with Crippen molar-refractivity contribution in [2.24, 2.45) is 0 Å². The third-order valence-electron chi connectivity index (χ3n) is 4.24. The van der Waals surface area contributed by atoms with Crippen molar-refractivity contribution in [1.29, 1.82) is 0 Å². The molecule has 2 amide bonds. The van der Waals surface area contributed by atoms with Crippen LogP contribution in [0.25, 0.3) is 0 Å². The molecule has 0 fully saturated rings. The Kier molecular flexibility index (Phi) is 6.65. The Labute approximate surface area is 178 Å². The van der Waals surface area contributed by atoms with E-state index in [1.807, 2.05) is 6.92 Å². The van der Waals surface area contributed by atoms with Crippen LogP contribution in [0.2, 0.25) is 0 Å². The number of carbonyl (C=O) groups excluding carboxylic acids is 2. The molecule has 12 heteroatoms. The van der Waals surface area contributed by atoms with Crippen LogP contribution < -0.4 is 10.6 Å². The molecule has 3 heterocycles. The number of anilines is 1. The van der Waals surface area contributed by atoms with Crippen LogP contribution in [0.5, 0.6) is 0 Å². The van der Waals surface area contributed by atoms with Crippen LogP contribution in [0.1, 0.15) is 41.0 Å². The van der Waals surface area contributed by atoms with Crippen LogP contribution in [0.4, 0.5) is 14.5 Å². The van der Waals surface area contributed by atoms with Gasteiger partial charge in [0.05, 0.1) is 28.7 Å². The number of carbonyl (C=O) groups is 2. The van der Waals surface area contributed by atoms with E-state index in [1.54, 1.807) is 19.1 Å². The summed E-state index contributed by atoms with van der Waals surface area (Å²) in [6, 6.07) is 3.42. The molecule has 3 aromatic rings. The van der Waals surface area contributed by atoms with E-state index < -0.39 is 23.9 Å². The number of rotatable bonds is 8. The fraction of sp³-hybridized carbons (Fsp3) is 0.333. The average Bonchev–Trinajstić information content (AvgIpc) is 3.42. The predicted molar refractivity (Wildman–Crippen MR) is 106 cm³/mol. The lowest BCUT2D eigenvalue weighted by Gasteiger charge is -2.07. The summed E-state index contributed by atoms with van der Waals surface area (Å²) < 4.78 is 34.0. The molecule has 0 saturated carbocycles. The van der Waals surface area contributed by atoms with Crippen LogP contribution in [0.15, 0.2) is 33.5 Å². The molecule has 0 atom stereocenters. The molecule has 0 bridgehead atoms. The number of halogens is 3. The van der Waals surface area contributed by atoms with Gasteiger partial charge in [-0.15, -0.1) is 0 Å². The second kappa shape index (κ2) is 9.20. The van der Waals surface area contributed by atoms with Crippen molar-refractivity contribution in [3.63, 3.8) is 0 Å². The van der Waals surface area contributed by atoms with E-state index in [-0.39, 0.29) is 28.9 Å². The van der Waals surface area contributed by atoms with Gasteiger partial charge in [-0.3, -0.25) is 19.0 Å². The molecule has 0 aliphatic rings. The first-order valence-electron chi connectivity index (χ1n) is 8.99. The smallest absolute Gasteiger partial charge is 0.283 e. The molecule has 0 aliphatic carbocycles. The summed E-state index contributed by atoms with van der Waals surface area (Å²) in [4.78, 5) is 25.0. The number of amides is 2. The summed E-state index contributed by atoms with van der Waals surface area (Å²) in [6.07, 6.45) is 0.249. The molecule has 0 saturated heterocycles. The highest BCUT2D eigenvalue weighted by Gasteiger charge is 2.23. The van der Waals surface area contributed by atoms with Gasteiger partial charge in [0.15, 0.2) is 5.69 Å². The largest absolute Gasteiger partial charge is 0.467 e. The van der Waals surface area contributed by atoms with Gasteiger partial charge in [-0.2, -0.15) is 10.2 Å². The molecule has 9 nitrogen and oxygen atoms in total. The van der Waals surface area contributed by atoms with Gasteiger partial charge < -0.3 is 15.1 Å². The first kappa shape index (κ1) is 21.7. The molecule has 2 N–H and O–H groups in total.